The zero-order valence-electron chi connectivity index (χ0n) is 13.4. The van der Waals surface area contributed by atoms with Gasteiger partial charge in [-0.2, -0.15) is 15.0 Å². The fourth-order valence-electron chi connectivity index (χ4n) is 3.23. The molecule has 2 fully saturated rings. The molecule has 0 spiro atoms. The van der Waals surface area contributed by atoms with Crippen molar-refractivity contribution in [2.45, 2.75) is 44.6 Å². The Kier molecular flexibility index (Phi) is 4.78. The van der Waals surface area contributed by atoms with E-state index in [1.807, 2.05) is 0 Å². The van der Waals surface area contributed by atoms with Crippen LogP contribution in [0.3, 0.4) is 0 Å². The van der Waals surface area contributed by atoms with Crippen molar-refractivity contribution in [3.05, 3.63) is 0 Å². The van der Waals surface area contributed by atoms with Crippen LogP contribution in [0.1, 0.15) is 38.5 Å². The summed E-state index contributed by atoms with van der Waals surface area (Å²) >= 11 is 0. The normalized spacial score (nSPS) is 22.0. The number of aliphatic carboxylic acids is 1. The van der Waals surface area contributed by atoms with Crippen LogP contribution in [0.25, 0.3) is 0 Å². The minimum atomic E-state index is -0.835. The number of hydrogen-bond donors (Lipinski definition) is 1. The van der Waals surface area contributed by atoms with Crippen molar-refractivity contribution in [2.24, 2.45) is 0 Å². The van der Waals surface area contributed by atoms with E-state index in [1.54, 1.807) is 4.90 Å². The Morgan fingerprint density at radius 2 is 1.74 bits per heavy atom. The highest BCUT2D eigenvalue weighted by molar-refractivity contribution is 5.78. The number of ether oxygens (including phenoxy) is 1. The third-order valence-electron chi connectivity index (χ3n) is 4.46. The van der Waals surface area contributed by atoms with Gasteiger partial charge >= 0.3 is 12.0 Å². The fraction of sp³-hybridized carbons (Fsp3) is 0.733. The summed E-state index contributed by atoms with van der Waals surface area (Å²) in [5, 5.41) is 9.37. The summed E-state index contributed by atoms with van der Waals surface area (Å²) in [6.07, 6.45) is 6.11. The van der Waals surface area contributed by atoms with Crippen LogP contribution in [0, 0.1) is 0 Å². The molecular weight excluding hydrogens is 298 g/mol. The molecule has 3 heterocycles. The number of methoxy groups -OCH3 is 1. The molecule has 0 aliphatic carbocycles. The summed E-state index contributed by atoms with van der Waals surface area (Å²) in [7, 11) is 1.52. The Labute approximate surface area is 135 Å². The summed E-state index contributed by atoms with van der Waals surface area (Å²) in [5.74, 6) is 0.156. The Balaban J connectivity index is 1.90. The molecule has 1 N–H and O–H groups in total. The zero-order chi connectivity index (χ0) is 16.2. The Morgan fingerprint density at radius 3 is 2.39 bits per heavy atom. The van der Waals surface area contributed by atoms with Gasteiger partial charge in [-0.15, -0.1) is 0 Å². The van der Waals surface area contributed by atoms with Gasteiger partial charge in [0.2, 0.25) is 11.9 Å². The van der Waals surface area contributed by atoms with Gasteiger partial charge in [0.05, 0.1) is 7.11 Å². The van der Waals surface area contributed by atoms with Crippen molar-refractivity contribution in [1.82, 2.24) is 15.0 Å². The minimum absolute atomic E-state index is 0.241. The first-order valence-electron chi connectivity index (χ1n) is 8.23. The minimum Gasteiger partial charge on any atom is -0.480 e. The molecule has 3 rings (SSSR count). The van der Waals surface area contributed by atoms with Crippen molar-refractivity contribution in [1.29, 1.82) is 0 Å². The topological polar surface area (TPSA) is 91.7 Å². The monoisotopic (exact) mass is 321 g/mol. The molecule has 1 aromatic rings. The SMILES string of the molecule is COc1nc(N2CCCCCC2)nc(N2CCC[C@@H]2C(=O)O)n1. The van der Waals surface area contributed by atoms with Gasteiger partial charge in [-0.1, -0.05) is 12.8 Å². The smallest absolute Gasteiger partial charge is 0.326 e. The molecular formula is C15H23N5O3. The van der Waals surface area contributed by atoms with E-state index in [0.29, 0.717) is 24.9 Å². The highest BCUT2D eigenvalue weighted by Gasteiger charge is 2.33. The maximum Gasteiger partial charge on any atom is 0.326 e. The van der Waals surface area contributed by atoms with Crippen LogP contribution in [0.4, 0.5) is 11.9 Å². The summed E-state index contributed by atoms with van der Waals surface area (Å²) in [4.78, 5) is 28.5. The number of rotatable bonds is 4. The predicted molar refractivity (Wildman–Crippen MR) is 85.1 cm³/mol. The molecule has 0 amide bonds. The standard InChI is InChI=1S/C15H23N5O3/c1-23-15-17-13(19-8-4-2-3-5-9-19)16-14(18-15)20-10-6-7-11(20)12(21)22/h11H,2-10H2,1H3,(H,21,22)/t11-/m1/s1. The predicted octanol–water partition coefficient (Wildman–Crippen LogP) is 1.31. The van der Waals surface area contributed by atoms with Gasteiger partial charge in [0.1, 0.15) is 6.04 Å². The first-order valence-corrected chi connectivity index (χ1v) is 8.23. The molecule has 1 atom stereocenters. The van der Waals surface area contributed by atoms with Crippen molar-refractivity contribution < 1.29 is 14.6 Å². The molecule has 0 unspecified atom stereocenters. The van der Waals surface area contributed by atoms with E-state index in [-0.39, 0.29) is 6.01 Å². The lowest BCUT2D eigenvalue weighted by atomic mass is 10.2. The largest absolute Gasteiger partial charge is 0.480 e. The molecule has 0 radical (unpaired) electrons. The average Bonchev–Trinajstić information content (AvgIpc) is 2.90. The Morgan fingerprint density at radius 1 is 1.04 bits per heavy atom. The fourth-order valence-corrected chi connectivity index (χ4v) is 3.23. The lowest BCUT2D eigenvalue weighted by molar-refractivity contribution is -0.138. The van der Waals surface area contributed by atoms with Gasteiger partial charge in [0.15, 0.2) is 0 Å². The summed E-state index contributed by atoms with van der Waals surface area (Å²) < 4.78 is 5.21. The van der Waals surface area contributed by atoms with Crippen LogP contribution in [-0.4, -0.2) is 58.8 Å². The molecule has 0 saturated carbocycles. The van der Waals surface area contributed by atoms with E-state index < -0.39 is 12.0 Å². The van der Waals surface area contributed by atoms with Crippen molar-refractivity contribution in [3.8, 4) is 6.01 Å². The van der Waals surface area contributed by atoms with Crippen LogP contribution < -0.4 is 14.5 Å². The van der Waals surface area contributed by atoms with E-state index in [2.05, 4.69) is 19.9 Å². The first kappa shape index (κ1) is 15.8. The van der Waals surface area contributed by atoms with Crippen LogP contribution >= 0.6 is 0 Å². The van der Waals surface area contributed by atoms with Crippen molar-refractivity contribution >= 4 is 17.9 Å². The van der Waals surface area contributed by atoms with E-state index in [9.17, 15) is 9.90 Å². The van der Waals surface area contributed by atoms with Crippen LogP contribution in [0.15, 0.2) is 0 Å². The number of carboxylic acids is 1. The number of aromatic nitrogens is 3. The van der Waals surface area contributed by atoms with Gasteiger partial charge < -0.3 is 19.6 Å². The molecule has 23 heavy (non-hydrogen) atoms. The van der Waals surface area contributed by atoms with Crippen LogP contribution in [0.2, 0.25) is 0 Å². The highest BCUT2D eigenvalue weighted by Crippen LogP contribution is 2.26. The zero-order valence-corrected chi connectivity index (χ0v) is 13.4. The second kappa shape index (κ2) is 6.97. The molecule has 8 nitrogen and oxygen atoms in total. The van der Waals surface area contributed by atoms with E-state index in [4.69, 9.17) is 4.74 Å². The number of nitrogens with zero attached hydrogens (tertiary/aromatic N) is 5. The summed E-state index contributed by atoms with van der Waals surface area (Å²) in [5.41, 5.74) is 0. The average molecular weight is 321 g/mol. The van der Waals surface area contributed by atoms with Crippen molar-refractivity contribution in [3.63, 3.8) is 0 Å². The summed E-state index contributed by atoms with van der Waals surface area (Å²) in [6, 6.07) is -0.329. The molecule has 2 aliphatic heterocycles. The first-order chi connectivity index (χ1) is 11.2. The second-order valence-electron chi connectivity index (χ2n) is 6.01. The molecule has 8 heteroatoms. The lowest BCUT2D eigenvalue weighted by Gasteiger charge is -2.25. The van der Waals surface area contributed by atoms with Crippen LogP contribution in [0.5, 0.6) is 6.01 Å². The third kappa shape index (κ3) is 3.46. The van der Waals surface area contributed by atoms with Gasteiger partial charge in [-0.05, 0) is 25.7 Å². The van der Waals surface area contributed by atoms with E-state index in [0.717, 1.165) is 32.4 Å². The molecule has 2 aliphatic rings. The highest BCUT2D eigenvalue weighted by atomic mass is 16.5. The van der Waals surface area contributed by atoms with Gasteiger partial charge in [0.25, 0.3) is 0 Å². The Hall–Kier alpha value is -2.12. The van der Waals surface area contributed by atoms with Gasteiger partial charge in [-0.25, -0.2) is 4.79 Å². The number of carbonyl (C=O) groups is 1. The Bertz CT molecular complexity index is 560. The summed E-state index contributed by atoms with van der Waals surface area (Å²) in [6.45, 7) is 2.47. The van der Waals surface area contributed by atoms with E-state index in [1.165, 1.54) is 20.0 Å². The number of hydrogen-bond acceptors (Lipinski definition) is 7. The van der Waals surface area contributed by atoms with E-state index >= 15 is 0 Å². The maximum absolute atomic E-state index is 11.4. The van der Waals surface area contributed by atoms with Gasteiger partial charge in [-0.3, -0.25) is 0 Å². The molecule has 0 aromatic carbocycles. The van der Waals surface area contributed by atoms with Crippen LogP contribution in [-0.2, 0) is 4.79 Å². The molecule has 1 aromatic heterocycles. The lowest BCUT2D eigenvalue weighted by Crippen LogP contribution is -2.37. The molecule has 2 saturated heterocycles. The van der Waals surface area contributed by atoms with Gasteiger partial charge in [0, 0.05) is 19.6 Å². The second-order valence-corrected chi connectivity index (χ2v) is 6.01. The third-order valence-corrected chi connectivity index (χ3v) is 4.46. The molecule has 0 bridgehead atoms. The van der Waals surface area contributed by atoms with Crippen molar-refractivity contribution in [2.75, 3.05) is 36.5 Å². The number of anilines is 2. The molecule has 126 valence electrons. The maximum atomic E-state index is 11.4. The number of carboxylic acid groups (broad SMARTS) is 1. The quantitative estimate of drug-likeness (QED) is 0.887.